The van der Waals surface area contributed by atoms with Crippen LogP contribution in [-0.2, 0) is 18.3 Å². The van der Waals surface area contributed by atoms with Gasteiger partial charge in [-0.15, -0.1) is 0 Å². The minimum Gasteiger partial charge on any atom is -0.313 e. The molecule has 0 bridgehead atoms. The van der Waals surface area contributed by atoms with Crippen molar-refractivity contribution in [3.05, 3.63) is 143 Å². The van der Waals surface area contributed by atoms with Gasteiger partial charge in [-0.1, -0.05) is 120 Å². The molecule has 0 N–H and O–H groups in total. The fourth-order valence-corrected chi connectivity index (χ4v) is 9.74. The monoisotopic (exact) mass is 557 g/mol. The highest BCUT2D eigenvalue weighted by Crippen LogP contribution is 2.46. The molecule has 202 valence electrons. The first-order chi connectivity index (χ1) is 20.8. The molecule has 9 rings (SSSR count). The van der Waals surface area contributed by atoms with Crippen LogP contribution in [0.25, 0.3) is 16.6 Å². The second-order valence-corrected chi connectivity index (χ2v) is 13.3. The Balaban J connectivity index is 1.31. The van der Waals surface area contributed by atoms with Crippen molar-refractivity contribution in [2.45, 2.75) is 54.2 Å². The molecular formula is C39H32BNS. The van der Waals surface area contributed by atoms with Crippen molar-refractivity contribution in [1.29, 1.82) is 0 Å². The number of nitrogens with zero attached hydrogens (tertiary/aromatic N) is 1. The van der Waals surface area contributed by atoms with E-state index in [1.165, 1.54) is 84.4 Å². The summed E-state index contributed by atoms with van der Waals surface area (Å²) >= 11 is 1.96. The van der Waals surface area contributed by atoms with Crippen molar-refractivity contribution in [3.63, 3.8) is 0 Å². The molecule has 1 aliphatic carbocycles. The maximum atomic E-state index is 2.59. The Hall–Kier alpha value is -3.95. The predicted octanol–water partition coefficient (Wildman–Crippen LogP) is 7.55. The molecule has 0 spiro atoms. The quantitative estimate of drug-likeness (QED) is 0.203. The Morgan fingerprint density at radius 3 is 2.40 bits per heavy atom. The predicted molar refractivity (Wildman–Crippen MR) is 178 cm³/mol. The fourth-order valence-electron chi connectivity index (χ4n) is 8.59. The number of hydrogen-bond acceptors (Lipinski definition) is 1. The molecule has 3 heteroatoms. The first-order valence-electron chi connectivity index (χ1n) is 15.5. The summed E-state index contributed by atoms with van der Waals surface area (Å²) in [6.45, 7) is 2.59. The number of hydrogen-bond donors (Lipinski definition) is 0. The van der Waals surface area contributed by atoms with Gasteiger partial charge in [0.05, 0.1) is 5.52 Å². The van der Waals surface area contributed by atoms with Crippen molar-refractivity contribution in [2.75, 3.05) is 0 Å². The lowest BCUT2D eigenvalue weighted by molar-refractivity contribution is 0.596. The third kappa shape index (κ3) is 3.23. The first kappa shape index (κ1) is 24.6. The van der Waals surface area contributed by atoms with Crippen LogP contribution in [0.15, 0.2) is 125 Å². The van der Waals surface area contributed by atoms with E-state index in [-0.39, 0.29) is 12.1 Å². The van der Waals surface area contributed by atoms with Gasteiger partial charge in [0.25, 0.3) is 0 Å². The summed E-state index contributed by atoms with van der Waals surface area (Å²) in [6.07, 6.45) is 5.94. The summed E-state index contributed by atoms with van der Waals surface area (Å²) in [5.74, 6) is 0. The first-order valence-corrected chi connectivity index (χ1v) is 16.3. The van der Waals surface area contributed by atoms with Crippen LogP contribution in [0.2, 0.25) is 0 Å². The topological polar surface area (TPSA) is 4.93 Å². The number of aryl methyl sites for hydroxylation is 1. The molecule has 2 aliphatic heterocycles. The molecule has 6 aromatic rings. The Labute approximate surface area is 252 Å². The molecule has 42 heavy (non-hydrogen) atoms. The highest BCUT2D eigenvalue weighted by atomic mass is 32.2. The summed E-state index contributed by atoms with van der Waals surface area (Å²) in [6, 6.07) is 43.9. The van der Waals surface area contributed by atoms with Crippen molar-refractivity contribution in [2.24, 2.45) is 0 Å². The molecule has 0 radical (unpaired) electrons. The SMILES string of the molecule is CCC1(c2ccccc2)c2ccccc2B2c3cc(-n4c5c(c6ccccc64)CCCC5)ccc3Sc3cccc1c32. The molecular weight excluding hydrogens is 525 g/mol. The summed E-state index contributed by atoms with van der Waals surface area (Å²) < 4.78 is 2.59. The van der Waals surface area contributed by atoms with Gasteiger partial charge in [0, 0.05) is 32.0 Å². The lowest BCUT2D eigenvalue weighted by Gasteiger charge is -2.45. The second-order valence-electron chi connectivity index (χ2n) is 12.2. The van der Waals surface area contributed by atoms with Gasteiger partial charge in [-0.25, -0.2) is 0 Å². The van der Waals surface area contributed by atoms with Crippen LogP contribution < -0.4 is 16.4 Å². The van der Waals surface area contributed by atoms with E-state index in [2.05, 4.69) is 127 Å². The zero-order valence-corrected chi connectivity index (χ0v) is 24.8. The lowest BCUT2D eigenvalue weighted by atomic mass is 9.30. The third-order valence-corrected chi connectivity index (χ3v) is 11.5. The summed E-state index contributed by atoms with van der Waals surface area (Å²) in [4.78, 5) is 2.79. The highest BCUT2D eigenvalue weighted by Gasteiger charge is 2.48. The number of rotatable bonds is 3. The van der Waals surface area contributed by atoms with Gasteiger partial charge in [0.1, 0.15) is 0 Å². The van der Waals surface area contributed by atoms with Crippen LogP contribution in [0.4, 0.5) is 0 Å². The van der Waals surface area contributed by atoms with E-state index >= 15 is 0 Å². The molecule has 3 heterocycles. The molecule has 3 aliphatic rings. The van der Waals surface area contributed by atoms with Crippen molar-refractivity contribution in [1.82, 2.24) is 4.57 Å². The minimum absolute atomic E-state index is 0.162. The average Bonchev–Trinajstić information content (AvgIpc) is 3.39. The maximum Gasteiger partial charge on any atom is 0.245 e. The normalized spacial score (nSPS) is 18.3. The van der Waals surface area contributed by atoms with Gasteiger partial charge in [-0.2, -0.15) is 0 Å². The fraction of sp³-hybridized carbons (Fsp3) is 0.179. The molecule has 0 fully saturated rings. The Morgan fingerprint density at radius 1 is 0.714 bits per heavy atom. The number of aromatic nitrogens is 1. The van der Waals surface area contributed by atoms with Crippen LogP contribution in [0, 0.1) is 0 Å². The van der Waals surface area contributed by atoms with Crippen LogP contribution in [0.1, 0.15) is 54.1 Å². The Bertz CT molecular complexity index is 2020. The van der Waals surface area contributed by atoms with Gasteiger partial charge < -0.3 is 4.57 Å². The van der Waals surface area contributed by atoms with Crippen molar-refractivity contribution >= 4 is 45.8 Å². The van der Waals surface area contributed by atoms with Crippen molar-refractivity contribution in [3.8, 4) is 5.69 Å². The van der Waals surface area contributed by atoms with Crippen LogP contribution in [0.5, 0.6) is 0 Å². The van der Waals surface area contributed by atoms with Crippen LogP contribution in [-0.4, -0.2) is 11.3 Å². The number of benzene rings is 5. The smallest absolute Gasteiger partial charge is 0.245 e. The van der Waals surface area contributed by atoms with E-state index in [1.807, 2.05) is 11.8 Å². The number of para-hydroxylation sites is 1. The van der Waals surface area contributed by atoms with Crippen molar-refractivity contribution < 1.29 is 0 Å². The molecule has 0 amide bonds. The zero-order chi connectivity index (χ0) is 27.8. The highest BCUT2D eigenvalue weighted by molar-refractivity contribution is 8.00. The van der Waals surface area contributed by atoms with Crippen LogP contribution in [0.3, 0.4) is 0 Å². The second kappa shape index (κ2) is 9.28. The third-order valence-electron chi connectivity index (χ3n) is 10.3. The summed E-state index contributed by atoms with van der Waals surface area (Å²) in [7, 11) is 0. The van der Waals surface area contributed by atoms with Gasteiger partial charge in [0.15, 0.2) is 0 Å². The molecule has 1 nitrogen and oxygen atoms in total. The van der Waals surface area contributed by atoms with E-state index in [0.717, 1.165) is 12.8 Å². The molecule has 0 saturated heterocycles. The maximum absolute atomic E-state index is 2.59. The largest absolute Gasteiger partial charge is 0.313 e. The molecule has 1 aromatic heterocycles. The van der Waals surface area contributed by atoms with Gasteiger partial charge in [-0.3, -0.25) is 0 Å². The van der Waals surface area contributed by atoms with E-state index < -0.39 is 0 Å². The van der Waals surface area contributed by atoms with E-state index in [4.69, 9.17) is 0 Å². The Morgan fingerprint density at radius 2 is 1.50 bits per heavy atom. The van der Waals surface area contributed by atoms with Gasteiger partial charge in [0.2, 0.25) is 6.71 Å². The lowest BCUT2D eigenvalue weighted by Crippen LogP contribution is -2.63. The van der Waals surface area contributed by atoms with Crippen LogP contribution >= 0.6 is 11.8 Å². The summed E-state index contributed by atoms with van der Waals surface area (Å²) in [5.41, 5.74) is 14.3. The molecule has 5 aromatic carbocycles. The Kier molecular flexibility index (Phi) is 5.44. The molecule has 1 atom stereocenters. The average molecular weight is 558 g/mol. The molecule has 1 unspecified atom stereocenters. The van der Waals surface area contributed by atoms with Gasteiger partial charge >= 0.3 is 0 Å². The minimum atomic E-state index is -0.162. The standard InChI is InChI=1S/C39H32BNS/c1-2-39(26-13-4-3-5-14-26)30-17-8-9-19-32(30)40-33-25-27(23-24-36(33)42-37-22-12-18-31(39)38(37)40)41-34-20-10-6-15-28(34)29-16-7-11-21-35(29)41/h3-6,8-10,12-15,17-20,22-25H,2,7,11,16,21H2,1H3. The van der Waals surface area contributed by atoms with E-state index in [0.29, 0.717) is 0 Å². The zero-order valence-electron chi connectivity index (χ0n) is 23.9. The molecule has 0 saturated carbocycles. The van der Waals surface area contributed by atoms with Gasteiger partial charge in [-0.05, 0) is 84.7 Å². The number of fused-ring (bicyclic) bond motifs is 7. The van der Waals surface area contributed by atoms with E-state index in [9.17, 15) is 0 Å². The van der Waals surface area contributed by atoms with E-state index in [1.54, 1.807) is 5.56 Å². The summed E-state index contributed by atoms with van der Waals surface area (Å²) in [5, 5.41) is 1.44.